The number of anilines is 1. The van der Waals surface area contributed by atoms with Crippen molar-refractivity contribution in [3.63, 3.8) is 0 Å². The van der Waals surface area contributed by atoms with Crippen molar-refractivity contribution in [2.45, 2.75) is 45.6 Å². The normalized spacial score (nSPS) is 17.4. The van der Waals surface area contributed by atoms with Gasteiger partial charge in [-0.05, 0) is 43.2 Å². The molecule has 9 heteroatoms. The number of nitrogens with zero attached hydrogens (tertiary/aromatic N) is 4. The zero-order chi connectivity index (χ0) is 24.1. The van der Waals surface area contributed by atoms with Crippen LogP contribution in [0.25, 0.3) is 5.76 Å². The zero-order valence-corrected chi connectivity index (χ0v) is 19.9. The van der Waals surface area contributed by atoms with E-state index in [-0.39, 0.29) is 11.3 Å². The Morgan fingerprint density at radius 3 is 2.44 bits per heavy atom. The van der Waals surface area contributed by atoms with Gasteiger partial charge < -0.3 is 9.84 Å². The first-order chi connectivity index (χ1) is 16.5. The van der Waals surface area contributed by atoms with Crippen LogP contribution in [0.1, 0.15) is 54.8 Å². The van der Waals surface area contributed by atoms with Crippen LogP contribution in [-0.4, -0.2) is 38.6 Å². The number of aromatic nitrogens is 3. The lowest BCUT2D eigenvalue weighted by Crippen LogP contribution is -2.29. The van der Waals surface area contributed by atoms with Crippen molar-refractivity contribution in [1.29, 1.82) is 0 Å². The molecule has 0 bridgehead atoms. The van der Waals surface area contributed by atoms with E-state index >= 15 is 0 Å². The summed E-state index contributed by atoms with van der Waals surface area (Å²) in [5, 5.41) is 20.1. The molecule has 1 amide bonds. The maximum Gasteiger partial charge on any atom is 0.301 e. The van der Waals surface area contributed by atoms with Crippen LogP contribution in [0.5, 0.6) is 5.75 Å². The van der Waals surface area contributed by atoms with Gasteiger partial charge in [0.2, 0.25) is 5.13 Å². The molecule has 0 spiro atoms. The van der Waals surface area contributed by atoms with Crippen molar-refractivity contribution in [2.24, 2.45) is 0 Å². The Balaban J connectivity index is 1.70. The summed E-state index contributed by atoms with van der Waals surface area (Å²) in [6.45, 7) is 4.57. The average molecular weight is 479 g/mol. The number of aliphatic hydroxyl groups excluding tert-OH is 1. The first kappa shape index (κ1) is 23.6. The van der Waals surface area contributed by atoms with Gasteiger partial charge in [-0.3, -0.25) is 19.5 Å². The van der Waals surface area contributed by atoms with Crippen LogP contribution in [0, 0.1) is 6.92 Å². The quantitative estimate of drug-likeness (QED) is 0.203. The van der Waals surface area contributed by atoms with Crippen LogP contribution >= 0.6 is 11.3 Å². The van der Waals surface area contributed by atoms with E-state index in [2.05, 4.69) is 22.1 Å². The van der Waals surface area contributed by atoms with Gasteiger partial charge in [0.05, 0.1) is 18.2 Å². The van der Waals surface area contributed by atoms with Crippen molar-refractivity contribution >= 4 is 33.9 Å². The summed E-state index contributed by atoms with van der Waals surface area (Å²) in [6.07, 6.45) is 7.49. The molecule has 8 nitrogen and oxygen atoms in total. The number of hydrogen-bond acceptors (Lipinski definition) is 8. The minimum absolute atomic E-state index is 0.00251. The van der Waals surface area contributed by atoms with E-state index in [9.17, 15) is 14.7 Å². The van der Waals surface area contributed by atoms with E-state index in [0.717, 1.165) is 12.8 Å². The Kier molecular flexibility index (Phi) is 7.32. The Bertz CT molecular complexity index is 1190. The third kappa shape index (κ3) is 4.84. The maximum atomic E-state index is 13.1. The molecule has 1 fully saturated rings. The molecule has 34 heavy (non-hydrogen) atoms. The Morgan fingerprint density at radius 1 is 1.06 bits per heavy atom. The summed E-state index contributed by atoms with van der Waals surface area (Å²) in [6, 6.07) is 9.56. The van der Waals surface area contributed by atoms with Gasteiger partial charge in [-0.2, -0.15) is 0 Å². The molecule has 1 aliphatic heterocycles. The first-order valence-electron chi connectivity index (χ1n) is 11.3. The van der Waals surface area contributed by atoms with Crippen LogP contribution in [0.2, 0.25) is 0 Å². The number of ether oxygens (including phenoxy) is 1. The number of aryl methyl sites for hydroxylation is 1. The number of amides is 1. The van der Waals surface area contributed by atoms with Crippen LogP contribution in [0.15, 0.2) is 54.4 Å². The summed E-state index contributed by atoms with van der Waals surface area (Å²) in [5.41, 5.74) is 1.05. The van der Waals surface area contributed by atoms with Crippen molar-refractivity contribution in [3.05, 3.63) is 70.5 Å². The molecule has 4 rings (SSSR count). The summed E-state index contributed by atoms with van der Waals surface area (Å²) in [7, 11) is 0. The van der Waals surface area contributed by atoms with Crippen molar-refractivity contribution in [3.8, 4) is 5.75 Å². The highest BCUT2D eigenvalue weighted by molar-refractivity contribution is 7.15. The van der Waals surface area contributed by atoms with E-state index in [1.54, 1.807) is 31.2 Å². The molecular formula is C25H26N4O4S. The third-order valence-corrected chi connectivity index (χ3v) is 6.42. The second-order valence-corrected chi connectivity index (χ2v) is 9.15. The molecule has 0 radical (unpaired) electrons. The number of pyridine rings is 1. The topological polar surface area (TPSA) is 106 Å². The highest BCUT2D eigenvalue weighted by Crippen LogP contribution is 2.43. The fourth-order valence-electron chi connectivity index (χ4n) is 3.86. The molecule has 0 aliphatic carbocycles. The van der Waals surface area contributed by atoms with E-state index in [4.69, 9.17) is 4.74 Å². The smallest absolute Gasteiger partial charge is 0.301 e. The number of hydrogen-bond donors (Lipinski definition) is 1. The van der Waals surface area contributed by atoms with Gasteiger partial charge in [0.15, 0.2) is 0 Å². The largest absolute Gasteiger partial charge is 0.507 e. The molecule has 1 unspecified atom stereocenters. The number of aliphatic hydroxyl groups is 1. The first-order valence-corrected chi connectivity index (χ1v) is 12.1. The number of carbonyl (C=O) groups excluding carboxylic acids is 2. The maximum absolute atomic E-state index is 13.1. The van der Waals surface area contributed by atoms with Gasteiger partial charge in [-0.1, -0.05) is 49.7 Å². The number of unbranched alkanes of at least 4 members (excludes halogenated alkanes) is 3. The molecule has 1 N–H and O–H groups in total. The second kappa shape index (κ2) is 10.6. The SMILES string of the molecule is CCCCCCOc1ccc(C2C(=C(O)c3ccncc3)C(=O)C(=O)N2c2nnc(C)s2)cc1. The molecule has 3 heterocycles. The van der Waals surface area contributed by atoms with E-state index in [1.807, 2.05) is 12.1 Å². The lowest BCUT2D eigenvalue weighted by Gasteiger charge is -2.22. The number of ketones is 1. The predicted molar refractivity (Wildman–Crippen MR) is 130 cm³/mol. The Hall–Kier alpha value is -3.59. The molecule has 1 aliphatic rings. The molecule has 3 aromatic rings. The number of benzene rings is 1. The van der Waals surface area contributed by atoms with E-state index in [0.29, 0.717) is 33.6 Å². The fourth-order valence-corrected chi connectivity index (χ4v) is 4.57. The fraction of sp³-hybridized carbons (Fsp3) is 0.320. The molecule has 1 aromatic carbocycles. The van der Waals surface area contributed by atoms with Crippen LogP contribution < -0.4 is 9.64 Å². The highest BCUT2D eigenvalue weighted by atomic mass is 32.1. The number of rotatable bonds is 9. The molecule has 0 saturated carbocycles. The Labute approximate surface area is 201 Å². The summed E-state index contributed by atoms with van der Waals surface area (Å²) in [5.74, 6) is -1.08. The van der Waals surface area contributed by atoms with Crippen molar-refractivity contribution in [1.82, 2.24) is 15.2 Å². The molecular weight excluding hydrogens is 452 g/mol. The second-order valence-electron chi connectivity index (χ2n) is 7.99. The molecule has 176 valence electrons. The van der Waals surface area contributed by atoms with Crippen molar-refractivity contribution < 1.29 is 19.4 Å². The van der Waals surface area contributed by atoms with Gasteiger partial charge in [0, 0.05) is 18.0 Å². The predicted octanol–water partition coefficient (Wildman–Crippen LogP) is 4.83. The van der Waals surface area contributed by atoms with E-state index in [1.165, 1.54) is 41.5 Å². The summed E-state index contributed by atoms with van der Waals surface area (Å²) in [4.78, 5) is 31.4. The monoisotopic (exact) mass is 478 g/mol. The Morgan fingerprint density at radius 2 is 1.79 bits per heavy atom. The zero-order valence-electron chi connectivity index (χ0n) is 19.1. The van der Waals surface area contributed by atoms with E-state index < -0.39 is 17.7 Å². The molecule has 1 saturated heterocycles. The van der Waals surface area contributed by atoms with Gasteiger partial charge in [-0.15, -0.1) is 10.2 Å². The molecule has 1 atom stereocenters. The summed E-state index contributed by atoms with van der Waals surface area (Å²) < 4.78 is 5.83. The van der Waals surface area contributed by atoms with Crippen molar-refractivity contribution in [2.75, 3.05) is 11.5 Å². The third-order valence-electron chi connectivity index (χ3n) is 5.58. The average Bonchev–Trinajstić information content (AvgIpc) is 3.40. The van der Waals surface area contributed by atoms with Gasteiger partial charge in [0.25, 0.3) is 5.78 Å². The molecule has 2 aromatic heterocycles. The van der Waals surface area contributed by atoms with Crippen LogP contribution in [0.3, 0.4) is 0 Å². The lowest BCUT2D eigenvalue weighted by atomic mass is 9.95. The van der Waals surface area contributed by atoms with Gasteiger partial charge in [-0.25, -0.2) is 0 Å². The van der Waals surface area contributed by atoms with Crippen LogP contribution in [0.4, 0.5) is 5.13 Å². The standard InChI is InChI=1S/C25H26N4O4S/c1-3-4-5-6-15-33-19-9-7-17(8-10-19)21-20(22(30)18-11-13-26-14-12-18)23(31)24(32)29(21)25-28-27-16(2)34-25/h7-14,21,30H,3-6,15H2,1-2H3. The number of carbonyl (C=O) groups is 2. The minimum Gasteiger partial charge on any atom is -0.507 e. The minimum atomic E-state index is -0.848. The lowest BCUT2D eigenvalue weighted by molar-refractivity contribution is -0.132. The number of Topliss-reactive ketones (excluding diaryl/α,β-unsaturated/α-hetero) is 1. The summed E-state index contributed by atoms with van der Waals surface area (Å²) >= 11 is 1.21. The van der Waals surface area contributed by atoms with Crippen LogP contribution in [-0.2, 0) is 9.59 Å². The van der Waals surface area contributed by atoms with Gasteiger partial charge in [0.1, 0.15) is 16.5 Å². The highest BCUT2D eigenvalue weighted by Gasteiger charge is 2.48. The van der Waals surface area contributed by atoms with Gasteiger partial charge >= 0.3 is 5.91 Å².